The number of hydrogen-bond acceptors (Lipinski definition) is 3. The van der Waals surface area contributed by atoms with E-state index in [-0.39, 0.29) is 4.90 Å². The van der Waals surface area contributed by atoms with Crippen LogP contribution >= 0.6 is 0 Å². The van der Waals surface area contributed by atoms with Crippen molar-refractivity contribution in [1.82, 2.24) is 4.90 Å². The largest absolute Gasteiger partial charge is 0.300 e. The SMILES string of the molecule is CCCN(CCC)[C@@H]1Cc2ccc(NS(=O)(=O)c3ccccc3)cc2C1. The van der Waals surface area contributed by atoms with E-state index >= 15 is 0 Å². The molecule has 1 aliphatic carbocycles. The number of benzene rings is 2. The van der Waals surface area contributed by atoms with Gasteiger partial charge < -0.3 is 0 Å². The molecule has 0 saturated carbocycles. The monoisotopic (exact) mass is 372 g/mol. The highest BCUT2D eigenvalue weighted by Crippen LogP contribution is 2.29. The number of fused-ring (bicyclic) bond motifs is 1. The van der Waals surface area contributed by atoms with Gasteiger partial charge in [-0.1, -0.05) is 38.1 Å². The number of nitrogens with one attached hydrogen (secondary N) is 1. The first-order chi connectivity index (χ1) is 12.5. The smallest absolute Gasteiger partial charge is 0.261 e. The van der Waals surface area contributed by atoms with E-state index in [9.17, 15) is 8.42 Å². The number of sulfonamides is 1. The van der Waals surface area contributed by atoms with Gasteiger partial charge in [0.1, 0.15) is 0 Å². The van der Waals surface area contributed by atoms with Crippen LogP contribution in [0.1, 0.15) is 37.8 Å². The summed E-state index contributed by atoms with van der Waals surface area (Å²) in [5, 5.41) is 0. The van der Waals surface area contributed by atoms with Crippen molar-refractivity contribution in [3.05, 3.63) is 59.7 Å². The summed E-state index contributed by atoms with van der Waals surface area (Å²) in [5.74, 6) is 0. The fourth-order valence-electron chi connectivity index (χ4n) is 3.78. The molecule has 0 radical (unpaired) electrons. The van der Waals surface area contributed by atoms with Crippen molar-refractivity contribution < 1.29 is 8.42 Å². The van der Waals surface area contributed by atoms with E-state index in [2.05, 4.69) is 29.5 Å². The molecule has 0 heterocycles. The molecule has 140 valence electrons. The predicted octanol–water partition coefficient (Wildman–Crippen LogP) is 4.08. The highest BCUT2D eigenvalue weighted by molar-refractivity contribution is 7.92. The van der Waals surface area contributed by atoms with Gasteiger partial charge in [0.2, 0.25) is 0 Å². The van der Waals surface area contributed by atoms with Gasteiger partial charge in [0, 0.05) is 11.7 Å². The number of nitrogens with zero attached hydrogens (tertiary/aromatic N) is 1. The van der Waals surface area contributed by atoms with Gasteiger partial charge in [-0.15, -0.1) is 0 Å². The van der Waals surface area contributed by atoms with Crippen LogP contribution in [0.15, 0.2) is 53.4 Å². The summed E-state index contributed by atoms with van der Waals surface area (Å²) in [7, 11) is -3.54. The molecule has 0 aromatic heterocycles. The Balaban J connectivity index is 1.75. The van der Waals surface area contributed by atoms with Gasteiger partial charge in [-0.2, -0.15) is 0 Å². The van der Waals surface area contributed by atoms with E-state index in [4.69, 9.17) is 0 Å². The van der Waals surface area contributed by atoms with E-state index in [1.807, 2.05) is 18.2 Å². The fraction of sp³-hybridized carbons (Fsp3) is 0.429. The van der Waals surface area contributed by atoms with Gasteiger partial charge in [-0.25, -0.2) is 8.42 Å². The molecule has 1 aliphatic rings. The third-order valence-corrected chi connectivity index (χ3v) is 6.36. The molecule has 0 unspecified atom stereocenters. The molecule has 3 rings (SSSR count). The molecule has 0 saturated heterocycles. The summed E-state index contributed by atoms with van der Waals surface area (Å²) >= 11 is 0. The number of anilines is 1. The molecule has 26 heavy (non-hydrogen) atoms. The topological polar surface area (TPSA) is 49.4 Å². The maximum Gasteiger partial charge on any atom is 0.261 e. The minimum atomic E-state index is -3.54. The summed E-state index contributed by atoms with van der Waals surface area (Å²) in [6.07, 6.45) is 4.38. The van der Waals surface area contributed by atoms with Crippen LogP contribution in [-0.4, -0.2) is 32.4 Å². The third kappa shape index (κ3) is 4.27. The fourth-order valence-corrected chi connectivity index (χ4v) is 4.85. The summed E-state index contributed by atoms with van der Waals surface area (Å²) in [6.45, 7) is 6.70. The molecule has 2 aromatic carbocycles. The van der Waals surface area contributed by atoms with E-state index in [1.54, 1.807) is 24.3 Å². The lowest BCUT2D eigenvalue weighted by Crippen LogP contribution is -2.37. The van der Waals surface area contributed by atoms with Gasteiger partial charge in [0.15, 0.2) is 0 Å². The Morgan fingerprint density at radius 3 is 2.27 bits per heavy atom. The molecule has 4 nitrogen and oxygen atoms in total. The summed E-state index contributed by atoms with van der Waals surface area (Å²) in [4.78, 5) is 2.86. The molecule has 0 spiro atoms. The van der Waals surface area contributed by atoms with E-state index in [0.717, 1.165) is 38.8 Å². The second-order valence-electron chi connectivity index (χ2n) is 7.00. The maximum atomic E-state index is 12.5. The first kappa shape index (κ1) is 18.9. The van der Waals surface area contributed by atoms with E-state index < -0.39 is 10.0 Å². The molecule has 1 N–H and O–H groups in total. The van der Waals surface area contributed by atoms with Crippen LogP contribution in [0.2, 0.25) is 0 Å². The zero-order valence-corrected chi connectivity index (χ0v) is 16.4. The van der Waals surface area contributed by atoms with Crippen molar-refractivity contribution in [2.75, 3.05) is 17.8 Å². The lowest BCUT2D eigenvalue weighted by atomic mass is 10.1. The first-order valence-electron chi connectivity index (χ1n) is 9.47. The van der Waals surface area contributed by atoms with Crippen LogP contribution in [0.25, 0.3) is 0 Å². The molecule has 0 fully saturated rings. The van der Waals surface area contributed by atoms with Crippen molar-refractivity contribution in [1.29, 1.82) is 0 Å². The minimum Gasteiger partial charge on any atom is -0.300 e. The zero-order valence-electron chi connectivity index (χ0n) is 15.6. The molecule has 0 amide bonds. The van der Waals surface area contributed by atoms with Crippen molar-refractivity contribution in [2.45, 2.75) is 50.5 Å². The molecule has 0 aliphatic heterocycles. The molecular formula is C21H28N2O2S. The maximum absolute atomic E-state index is 12.5. The van der Waals surface area contributed by atoms with Gasteiger partial charge in [0.25, 0.3) is 10.0 Å². The number of rotatable bonds is 8. The van der Waals surface area contributed by atoms with Crippen LogP contribution < -0.4 is 4.72 Å². The Kier molecular flexibility index (Phi) is 5.99. The molecule has 0 bridgehead atoms. The minimum absolute atomic E-state index is 0.287. The van der Waals surface area contributed by atoms with Crippen molar-refractivity contribution >= 4 is 15.7 Å². The van der Waals surface area contributed by atoms with Crippen LogP contribution in [0, 0.1) is 0 Å². The Labute approximate surface area is 157 Å². The van der Waals surface area contributed by atoms with E-state index in [1.165, 1.54) is 11.1 Å². The Morgan fingerprint density at radius 1 is 0.962 bits per heavy atom. The number of hydrogen-bond donors (Lipinski definition) is 1. The predicted molar refractivity (Wildman–Crippen MR) is 107 cm³/mol. The first-order valence-corrected chi connectivity index (χ1v) is 11.0. The highest BCUT2D eigenvalue weighted by Gasteiger charge is 2.26. The second-order valence-corrected chi connectivity index (χ2v) is 8.68. The van der Waals surface area contributed by atoms with Crippen molar-refractivity contribution in [3.63, 3.8) is 0 Å². The molecule has 1 atom stereocenters. The standard InChI is InChI=1S/C21H28N2O2S/c1-3-12-23(13-4-2)20-15-17-10-11-19(14-18(17)16-20)22-26(24,25)21-8-6-5-7-9-21/h5-11,14,20,22H,3-4,12-13,15-16H2,1-2H3/t20-/m1/s1. The van der Waals surface area contributed by atoms with Gasteiger partial charge in [-0.3, -0.25) is 9.62 Å². The Bertz CT molecular complexity index is 828. The summed E-state index contributed by atoms with van der Waals surface area (Å²) < 4.78 is 27.8. The quantitative estimate of drug-likeness (QED) is 0.760. The second kappa shape index (κ2) is 8.23. The zero-order chi connectivity index (χ0) is 18.6. The van der Waals surface area contributed by atoms with Crippen molar-refractivity contribution in [3.8, 4) is 0 Å². The Morgan fingerprint density at radius 2 is 1.62 bits per heavy atom. The average molecular weight is 373 g/mol. The Hall–Kier alpha value is -1.85. The lowest BCUT2D eigenvalue weighted by Gasteiger charge is -2.27. The highest BCUT2D eigenvalue weighted by atomic mass is 32.2. The molecular weight excluding hydrogens is 344 g/mol. The lowest BCUT2D eigenvalue weighted by molar-refractivity contribution is 0.202. The summed E-state index contributed by atoms with van der Waals surface area (Å²) in [5.41, 5.74) is 3.25. The van der Waals surface area contributed by atoms with Gasteiger partial charge in [0.05, 0.1) is 4.90 Å². The van der Waals surface area contributed by atoms with Gasteiger partial charge >= 0.3 is 0 Å². The van der Waals surface area contributed by atoms with Gasteiger partial charge in [-0.05, 0) is 74.2 Å². The third-order valence-electron chi connectivity index (χ3n) is 4.96. The van der Waals surface area contributed by atoms with Crippen LogP contribution in [0.3, 0.4) is 0 Å². The molecule has 2 aromatic rings. The molecule has 5 heteroatoms. The van der Waals surface area contributed by atoms with Crippen molar-refractivity contribution in [2.24, 2.45) is 0 Å². The van der Waals surface area contributed by atoms with Crippen LogP contribution in [0.4, 0.5) is 5.69 Å². The van der Waals surface area contributed by atoms with E-state index in [0.29, 0.717) is 11.7 Å². The summed E-state index contributed by atoms with van der Waals surface area (Å²) in [6, 6.07) is 15.0. The van der Waals surface area contributed by atoms with Crippen LogP contribution in [-0.2, 0) is 22.9 Å². The average Bonchev–Trinajstić information content (AvgIpc) is 3.05. The van der Waals surface area contributed by atoms with Crippen LogP contribution in [0.5, 0.6) is 0 Å². The normalized spacial score (nSPS) is 16.7.